The van der Waals surface area contributed by atoms with Gasteiger partial charge in [0, 0.05) is 17.6 Å². The largest absolute Gasteiger partial charge is 0.461 e. The average Bonchev–Trinajstić information content (AvgIpc) is 2.65. The van der Waals surface area contributed by atoms with Crippen LogP contribution in [0.15, 0.2) is 24.3 Å². The van der Waals surface area contributed by atoms with Crippen LogP contribution in [-0.4, -0.2) is 22.1 Å². The maximum absolute atomic E-state index is 11.9. The van der Waals surface area contributed by atoms with Crippen molar-refractivity contribution in [2.75, 3.05) is 6.61 Å². The van der Waals surface area contributed by atoms with Crippen molar-refractivity contribution in [3.05, 3.63) is 40.7 Å². The van der Waals surface area contributed by atoms with Crippen LogP contribution in [0.3, 0.4) is 0 Å². The Balaban J connectivity index is 2.50. The summed E-state index contributed by atoms with van der Waals surface area (Å²) in [6.45, 7) is 3.91. The van der Waals surface area contributed by atoms with Gasteiger partial charge in [-0.2, -0.15) is 0 Å². The Hall–Kier alpha value is -1.81. The summed E-state index contributed by atoms with van der Waals surface area (Å²) < 4.78 is 6.77. The van der Waals surface area contributed by atoms with Gasteiger partial charge in [-0.1, -0.05) is 23.7 Å². The van der Waals surface area contributed by atoms with Crippen LogP contribution in [0, 0.1) is 6.92 Å². The monoisotopic (exact) mass is 278 g/mol. The highest BCUT2D eigenvalue weighted by molar-refractivity contribution is 6.30. The maximum Gasteiger partial charge on any atom is 0.356 e. The summed E-state index contributed by atoms with van der Waals surface area (Å²) in [6.07, 6.45) is 0. The fraction of sp³-hybridized carbons (Fsp3) is 0.286. The minimum absolute atomic E-state index is 0.343. The second-order valence-electron chi connectivity index (χ2n) is 4.16. The molecule has 19 heavy (non-hydrogen) atoms. The summed E-state index contributed by atoms with van der Waals surface area (Å²) in [6, 6.07) is 7.37. The van der Waals surface area contributed by atoms with Gasteiger partial charge in [-0.15, -0.1) is 0 Å². The van der Waals surface area contributed by atoms with E-state index >= 15 is 0 Å². The van der Waals surface area contributed by atoms with E-state index in [0.29, 0.717) is 28.8 Å². The first-order valence-electron chi connectivity index (χ1n) is 6.01. The zero-order valence-corrected chi connectivity index (χ0v) is 11.9. The number of nitrogens with zero attached hydrogens (tertiary/aromatic N) is 2. The molecule has 0 unspecified atom stereocenters. The van der Waals surface area contributed by atoms with Crippen LogP contribution >= 0.6 is 11.6 Å². The molecule has 0 bridgehead atoms. The molecule has 0 N–H and O–H groups in total. The third kappa shape index (κ3) is 2.63. The molecule has 0 radical (unpaired) electrons. The number of halogens is 1. The van der Waals surface area contributed by atoms with Crippen molar-refractivity contribution in [2.45, 2.75) is 13.8 Å². The molecule has 1 aromatic heterocycles. The van der Waals surface area contributed by atoms with Gasteiger partial charge in [0.1, 0.15) is 11.5 Å². The van der Waals surface area contributed by atoms with Gasteiger partial charge in [0.2, 0.25) is 0 Å². The molecular formula is C14H15ClN2O2. The number of ether oxygens (including phenoxy) is 1. The van der Waals surface area contributed by atoms with Gasteiger partial charge in [0.25, 0.3) is 0 Å². The second-order valence-corrected chi connectivity index (χ2v) is 4.60. The molecule has 0 saturated heterocycles. The van der Waals surface area contributed by atoms with E-state index in [0.717, 1.165) is 5.56 Å². The van der Waals surface area contributed by atoms with Crippen molar-refractivity contribution < 1.29 is 9.53 Å². The fourth-order valence-corrected chi connectivity index (χ4v) is 2.20. The van der Waals surface area contributed by atoms with Gasteiger partial charge in [-0.25, -0.2) is 9.78 Å². The van der Waals surface area contributed by atoms with E-state index in [1.54, 1.807) is 31.5 Å². The molecule has 0 spiro atoms. The number of esters is 1. The van der Waals surface area contributed by atoms with Gasteiger partial charge in [-0.3, -0.25) is 0 Å². The third-order valence-corrected chi connectivity index (χ3v) is 3.06. The molecule has 1 heterocycles. The summed E-state index contributed by atoms with van der Waals surface area (Å²) in [5.74, 6) is 0.339. The number of benzene rings is 1. The molecule has 0 aliphatic heterocycles. The Morgan fingerprint density at radius 3 is 2.84 bits per heavy atom. The Labute approximate surface area is 117 Å². The van der Waals surface area contributed by atoms with E-state index in [1.165, 1.54) is 0 Å². The zero-order chi connectivity index (χ0) is 14.0. The zero-order valence-electron chi connectivity index (χ0n) is 11.1. The molecule has 0 saturated carbocycles. The SMILES string of the molecule is CCOC(=O)c1c(C)nc(-c2cccc(Cl)c2)n1C. The Kier molecular flexibility index (Phi) is 3.90. The van der Waals surface area contributed by atoms with Crippen molar-refractivity contribution in [1.29, 1.82) is 0 Å². The van der Waals surface area contributed by atoms with Crippen molar-refractivity contribution in [1.82, 2.24) is 9.55 Å². The van der Waals surface area contributed by atoms with Crippen LogP contribution in [0.1, 0.15) is 23.1 Å². The van der Waals surface area contributed by atoms with Gasteiger partial charge in [0.15, 0.2) is 0 Å². The molecule has 2 aromatic rings. The molecule has 100 valence electrons. The molecular weight excluding hydrogens is 264 g/mol. The van der Waals surface area contributed by atoms with E-state index in [-0.39, 0.29) is 5.97 Å². The highest BCUT2D eigenvalue weighted by Gasteiger charge is 2.20. The molecule has 0 aliphatic rings. The maximum atomic E-state index is 11.9. The lowest BCUT2D eigenvalue weighted by Crippen LogP contribution is -2.11. The first kappa shape index (κ1) is 13.6. The van der Waals surface area contributed by atoms with Crippen LogP contribution < -0.4 is 0 Å². The number of imidazole rings is 1. The van der Waals surface area contributed by atoms with Crippen LogP contribution in [0.4, 0.5) is 0 Å². The van der Waals surface area contributed by atoms with E-state index < -0.39 is 0 Å². The summed E-state index contributed by atoms with van der Waals surface area (Å²) in [7, 11) is 1.79. The van der Waals surface area contributed by atoms with Crippen molar-refractivity contribution in [3.63, 3.8) is 0 Å². The smallest absolute Gasteiger partial charge is 0.356 e. The van der Waals surface area contributed by atoms with Crippen LogP contribution in [-0.2, 0) is 11.8 Å². The summed E-state index contributed by atoms with van der Waals surface area (Å²) in [4.78, 5) is 16.3. The van der Waals surface area contributed by atoms with Gasteiger partial charge >= 0.3 is 5.97 Å². The lowest BCUT2D eigenvalue weighted by molar-refractivity contribution is 0.0514. The van der Waals surface area contributed by atoms with Crippen molar-refractivity contribution >= 4 is 17.6 Å². The second kappa shape index (κ2) is 5.45. The van der Waals surface area contributed by atoms with E-state index in [9.17, 15) is 4.79 Å². The van der Waals surface area contributed by atoms with Crippen LogP contribution in [0.5, 0.6) is 0 Å². The van der Waals surface area contributed by atoms with E-state index in [2.05, 4.69) is 4.98 Å². The Morgan fingerprint density at radius 1 is 1.47 bits per heavy atom. The molecule has 4 nitrogen and oxygen atoms in total. The minimum atomic E-state index is -0.358. The normalized spacial score (nSPS) is 10.5. The predicted molar refractivity (Wildman–Crippen MR) is 74.3 cm³/mol. The van der Waals surface area contributed by atoms with Gasteiger partial charge in [-0.05, 0) is 26.0 Å². The van der Waals surface area contributed by atoms with Crippen LogP contribution in [0.2, 0.25) is 5.02 Å². The summed E-state index contributed by atoms with van der Waals surface area (Å²) in [5.41, 5.74) is 1.99. The number of hydrogen-bond donors (Lipinski definition) is 0. The van der Waals surface area contributed by atoms with Crippen LogP contribution in [0.25, 0.3) is 11.4 Å². The quantitative estimate of drug-likeness (QED) is 0.810. The standard InChI is InChI=1S/C14H15ClN2O2/c1-4-19-14(18)12-9(2)16-13(17(12)3)10-6-5-7-11(15)8-10/h5-8H,4H2,1-3H3. The van der Waals surface area contributed by atoms with Gasteiger partial charge < -0.3 is 9.30 Å². The number of rotatable bonds is 3. The highest BCUT2D eigenvalue weighted by Crippen LogP contribution is 2.24. The molecule has 0 atom stereocenters. The van der Waals surface area contributed by atoms with E-state index in [4.69, 9.17) is 16.3 Å². The number of aromatic nitrogens is 2. The molecule has 0 amide bonds. The lowest BCUT2D eigenvalue weighted by atomic mass is 10.2. The Bertz CT molecular complexity index is 620. The summed E-state index contributed by atoms with van der Waals surface area (Å²) >= 11 is 5.98. The molecule has 2 rings (SSSR count). The predicted octanol–water partition coefficient (Wildman–Crippen LogP) is 3.23. The number of aryl methyl sites for hydroxylation is 1. The molecule has 0 fully saturated rings. The Morgan fingerprint density at radius 2 is 2.21 bits per heavy atom. The van der Waals surface area contributed by atoms with Crippen molar-refractivity contribution in [3.8, 4) is 11.4 Å². The number of carbonyl (C=O) groups excluding carboxylic acids is 1. The van der Waals surface area contributed by atoms with E-state index in [1.807, 2.05) is 18.2 Å². The third-order valence-electron chi connectivity index (χ3n) is 2.82. The highest BCUT2D eigenvalue weighted by atomic mass is 35.5. The fourth-order valence-electron chi connectivity index (χ4n) is 2.01. The first-order valence-corrected chi connectivity index (χ1v) is 6.38. The summed E-state index contributed by atoms with van der Waals surface area (Å²) in [5, 5.41) is 0.635. The van der Waals surface area contributed by atoms with Crippen molar-refractivity contribution in [2.24, 2.45) is 7.05 Å². The molecule has 5 heteroatoms. The molecule has 1 aromatic carbocycles. The molecule has 0 aliphatic carbocycles. The van der Waals surface area contributed by atoms with Gasteiger partial charge in [0.05, 0.1) is 12.3 Å². The average molecular weight is 279 g/mol. The lowest BCUT2D eigenvalue weighted by Gasteiger charge is -2.06. The number of hydrogen-bond acceptors (Lipinski definition) is 3. The topological polar surface area (TPSA) is 44.1 Å². The minimum Gasteiger partial charge on any atom is -0.461 e. The number of carbonyl (C=O) groups is 1. The first-order chi connectivity index (χ1) is 9.04.